The molecule has 0 bridgehead atoms. The molecule has 1 unspecified atom stereocenters. The fourth-order valence-electron chi connectivity index (χ4n) is 3.02. The minimum atomic E-state index is -0.274. The first kappa shape index (κ1) is 19.0. The van der Waals surface area contributed by atoms with Crippen molar-refractivity contribution in [1.29, 1.82) is 0 Å². The zero-order valence-electron chi connectivity index (χ0n) is 15.6. The van der Waals surface area contributed by atoms with E-state index < -0.39 is 0 Å². The Morgan fingerprint density at radius 3 is 2.36 bits per heavy atom. The summed E-state index contributed by atoms with van der Waals surface area (Å²) in [6, 6.07) is 11.5. The second-order valence-electron chi connectivity index (χ2n) is 6.57. The Morgan fingerprint density at radius 2 is 1.76 bits per heavy atom. The van der Waals surface area contributed by atoms with Crippen molar-refractivity contribution >= 4 is 5.91 Å². The van der Waals surface area contributed by atoms with E-state index in [0.717, 1.165) is 18.4 Å². The maximum Gasteiger partial charge on any atom is 0.264 e. The third kappa shape index (κ3) is 4.38. The van der Waals surface area contributed by atoms with Crippen molar-refractivity contribution in [2.75, 3.05) is 6.54 Å². The lowest BCUT2D eigenvalue weighted by Crippen LogP contribution is -2.37. The highest BCUT2D eigenvalue weighted by Crippen LogP contribution is 2.16. The van der Waals surface area contributed by atoms with Crippen LogP contribution in [0, 0.1) is 12.8 Å². The number of carbonyl (C=O) groups excluding carboxylic acids is 1. The summed E-state index contributed by atoms with van der Waals surface area (Å²) in [5, 5.41) is 2.94. The van der Waals surface area contributed by atoms with Crippen LogP contribution in [0.3, 0.4) is 0 Å². The number of amides is 1. The van der Waals surface area contributed by atoms with Crippen molar-refractivity contribution in [3.8, 4) is 0 Å². The maximum atomic E-state index is 12.9. The summed E-state index contributed by atoms with van der Waals surface area (Å²) < 4.78 is 1.63. The molecule has 1 atom stereocenters. The van der Waals surface area contributed by atoms with Crippen molar-refractivity contribution in [3.63, 3.8) is 0 Å². The summed E-state index contributed by atoms with van der Waals surface area (Å²) in [6.45, 7) is 8.61. The fraction of sp³-hybridized carbons (Fsp3) is 0.429. The molecule has 4 heteroatoms. The van der Waals surface area contributed by atoms with Crippen molar-refractivity contribution in [3.05, 3.63) is 69.6 Å². The summed E-state index contributed by atoms with van der Waals surface area (Å²) >= 11 is 0. The minimum Gasteiger partial charge on any atom is -0.352 e. The molecule has 1 N–H and O–H groups in total. The first-order valence-corrected chi connectivity index (χ1v) is 9.04. The Hall–Kier alpha value is -2.36. The molecule has 0 aliphatic rings. The van der Waals surface area contributed by atoms with Crippen LogP contribution in [0.15, 0.2) is 47.4 Å². The lowest BCUT2D eigenvalue weighted by atomic mass is 10.0. The molecular formula is C21H28N2O2. The molecular weight excluding hydrogens is 312 g/mol. The summed E-state index contributed by atoms with van der Waals surface area (Å²) in [6.07, 6.45) is 3.80. The number of hydrogen-bond acceptors (Lipinski definition) is 2. The molecule has 4 nitrogen and oxygen atoms in total. The van der Waals surface area contributed by atoms with Crippen LogP contribution in [0.4, 0.5) is 0 Å². The lowest BCUT2D eigenvalue weighted by Gasteiger charge is -2.18. The van der Waals surface area contributed by atoms with Gasteiger partial charge in [0, 0.05) is 12.7 Å². The topological polar surface area (TPSA) is 51.1 Å². The number of pyridine rings is 1. The van der Waals surface area contributed by atoms with Gasteiger partial charge in [-0.25, -0.2) is 0 Å². The normalized spacial score (nSPS) is 12.2. The van der Waals surface area contributed by atoms with Crippen molar-refractivity contribution in [2.24, 2.45) is 5.92 Å². The summed E-state index contributed by atoms with van der Waals surface area (Å²) in [7, 11) is 0. The summed E-state index contributed by atoms with van der Waals surface area (Å²) in [4.78, 5) is 25.5. The number of benzene rings is 1. The molecule has 2 rings (SSSR count). The third-order valence-corrected chi connectivity index (χ3v) is 4.96. The molecule has 0 aliphatic heterocycles. The van der Waals surface area contributed by atoms with E-state index in [1.807, 2.05) is 50.2 Å². The van der Waals surface area contributed by atoms with Crippen LogP contribution >= 0.6 is 0 Å². The van der Waals surface area contributed by atoms with Gasteiger partial charge in [0.2, 0.25) is 0 Å². The van der Waals surface area contributed by atoms with Crippen LogP contribution in [0.5, 0.6) is 0 Å². The number of aromatic nitrogens is 1. The van der Waals surface area contributed by atoms with E-state index in [1.54, 1.807) is 10.8 Å². The Balaban J connectivity index is 2.31. The molecule has 1 heterocycles. The van der Waals surface area contributed by atoms with E-state index in [2.05, 4.69) is 19.2 Å². The van der Waals surface area contributed by atoms with Gasteiger partial charge in [0.1, 0.15) is 5.56 Å². The first-order valence-electron chi connectivity index (χ1n) is 9.04. The summed E-state index contributed by atoms with van der Waals surface area (Å²) in [5.74, 6) is 0.169. The smallest absolute Gasteiger partial charge is 0.264 e. The van der Waals surface area contributed by atoms with Crippen molar-refractivity contribution in [1.82, 2.24) is 9.88 Å². The fourth-order valence-corrected chi connectivity index (χ4v) is 3.02. The molecule has 0 radical (unpaired) electrons. The Labute approximate surface area is 149 Å². The molecule has 1 aromatic carbocycles. The Bertz CT molecular complexity index is 761. The monoisotopic (exact) mass is 340 g/mol. The quantitative estimate of drug-likeness (QED) is 0.830. The molecule has 0 saturated carbocycles. The van der Waals surface area contributed by atoms with Crippen molar-refractivity contribution in [2.45, 2.75) is 46.6 Å². The van der Waals surface area contributed by atoms with Gasteiger partial charge in [-0.05, 0) is 37.0 Å². The van der Waals surface area contributed by atoms with Crippen LogP contribution in [-0.2, 0) is 0 Å². The average molecular weight is 340 g/mol. The molecule has 0 aliphatic carbocycles. The molecule has 25 heavy (non-hydrogen) atoms. The predicted octanol–water partition coefficient (Wildman–Crippen LogP) is 3.93. The van der Waals surface area contributed by atoms with Gasteiger partial charge in [0.05, 0.1) is 6.04 Å². The minimum absolute atomic E-state index is 0.125. The van der Waals surface area contributed by atoms with Crippen LogP contribution in [0.2, 0.25) is 0 Å². The molecule has 2 aromatic rings. The average Bonchev–Trinajstić information content (AvgIpc) is 2.63. The van der Waals surface area contributed by atoms with E-state index in [0.29, 0.717) is 18.0 Å². The number of hydrogen-bond donors (Lipinski definition) is 1. The standard InChI is InChI=1S/C21H28N2O2/c1-5-17(6-2)14-22-20(24)19-15(3)12-13-23(21(19)25)16(4)18-10-8-7-9-11-18/h7-13,16-17H,5-6,14H2,1-4H3,(H,22,24). The van der Waals surface area contributed by atoms with E-state index >= 15 is 0 Å². The van der Waals surface area contributed by atoms with E-state index in [9.17, 15) is 9.59 Å². The highest BCUT2D eigenvalue weighted by atomic mass is 16.2. The maximum absolute atomic E-state index is 12.9. The largest absolute Gasteiger partial charge is 0.352 e. The molecule has 0 fully saturated rings. The molecule has 1 aromatic heterocycles. The van der Waals surface area contributed by atoms with Gasteiger partial charge < -0.3 is 9.88 Å². The predicted molar refractivity (Wildman–Crippen MR) is 102 cm³/mol. The van der Waals surface area contributed by atoms with Gasteiger partial charge in [0.15, 0.2) is 0 Å². The first-order chi connectivity index (χ1) is 12.0. The van der Waals surface area contributed by atoms with E-state index in [4.69, 9.17) is 0 Å². The van der Waals surface area contributed by atoms with E-state index in [1.165, 1.54) is 0 Å². The zero-order valence-corrected chi connectivity index (χ0v) is 15.6. The van der Waals surface area contributed by atoms with Crippen molar-refractivity contribution < 1.29 is 4.79 Å². The van der Waals surface area contributed by atoms with Gasteiger partial charge >= 0.3 is 0 Å². The zero-order chi connectivity index (χ0) is 18.4. The second-order valence-corrected chi connectivity index (χ2v) is 6.57. The van der Waals surface area contributed by atoms with E-state index in [-0.39, 0.29) is 23.1 Å². The molecule has 134 valence electrons. The van der Waals surface area contributed by atoms with Crippen LogP contribution in [0.25, 0.3) is 0 Å². The SMILES string of the molecule is CCC(CC)CNC(=O)c1c(C)ccn(C(C)c2ccccc2)c1=O. The van der Waals surface area contributed by atoms with Gasteiger partial charge in [0.25, 0.3) is 11.5 Å². The third-order valence-electron chi connectivity index (χ3n) is 4.96. The van der Waals surface area contributed by atoms with Crippen LogP contribution in [-0.4, -0.2) is 17.0 Å². The van der Waals surface area contributed by atoms with Gasteiger partial charge in [-0.3, -0.25) is 9.59 Å². The number of nitrogens with zero attached hydrogens (tertiary/aromatic N) is 1. The van der Waals surface area contributed by atoms with Gasteiger partial charge in [-0.1, -0.05) is 57.0 Å². The summed E-state index contributed by atoms with van der Waals surface area (Å²) in [5.41, 5.74) is 1.76. The van der Waals surface area contributed by atoms with Crippen LogP contribution in [0.1, 0.15) is 61.1 Å². The second kappa shape index (κ2) is 8.65. The number of nitrogens with one attached hydrogen (secondary N) is 1. The number of aryl methyl sites for hydroxylation is 1. The molecule has 0 spiro atoms. The van der Waals surface area contributed by atoms with Crippen LogP contribution < -0.4 is 10.9 Å². The Kier molecular flexibility index (Phi) is 6.57. The number of carbonyl (C=O) groups is 1. The van der Waals surface area contributed by atoms with Gasteiger partial charge in [-0.15, -0.1) is 0 Å². The molecule has 0 saturated heterocycles. The highest BCUT2D eigenvalue weighted by molar-refractivity contribution is 5.95. The van der Waals surface area contributed by atoms with Gasteiger partial charge in [-0.2, -0.15) is 0 Å². The number of rotatable bonds is 7. The lowest BCUT2D eigenvalue weighted by molar-refractivity contribution is 0.0943. The Morgan fingerprint density at radius 1 is 1.12 bits per heavy atom. The molecule has 1 amide bonds. The highest BCUT2D eigenvalue weighted by Gasteiger charge is 2.19.